The molecule has 0 bridgehead atoms. The molecule has 0 fully saturated rings. The first kappa shape index (κ1) is 22.3. The largest absolute Gasteiger partial charge is 0.416 e. The lowest BCUT2D eigenvalue weighted by atomic mass is 10.1. The number of pyridine rings is 1. The molecule has 0 unspecified atom stereocenters. The number of para-hydroxylation sites is 1. The number of aromatic amines is 1. The first-order chi connectivity index (χ1) is 15.3. The van der Waals surface area contributed by atoms with Gasteiger partial charge in [-0.15, -0.1) is 0 Å². The Morgan fingerprint density at radius 3 is 2.41 bits per heavy atom. The van der Waals surface area contributed by atoms with Crippen molar-refractivity contribution in [1.82, 2.24) is 4.72 Å². The standard InChI is InChI=1S/C23H22F3N3O2S/c24-23(25,26)18-9-11-19(12-10-18)32(30,31)28-15-4-16-29-21-6-2-1-5-17(21)8-13-20-22(29)7-3-14-27-20/h1-3,5-7,9-12,14,28H,4,8,13,15-16H2/p+1. The van der Waals surface area contributed by atoms with Crippen LogP contribution in [0.2, 0.25) is 0 Å². The van der Waals surface area contributed by atoms with E-state index in [-0.39, 0.29) is 11.4 Å². The van der Waals surface area contributed by atoms with Gasteiger partial charge in [-0.3, -0.25) is 0 Å². The highest BCUT2D eigenvalue weighted by molar-refractivity contribution is 7.89. The lowest BCUT2D eigenvalue weighted by Gasteiger charge is -2.25. The van der Waals surface area contributed by atoms with Gasteiger partial charge < -0.3 is 4.90 Å². The number of aromatic nitrogens is 1. The minimum absolute atomic E-state index is 0.161. The molecule has 1 aromatic heterocycles. The van der Waals surface area contributed by atoms with E-state index in [4.69, 9.17) is 0 Å². The second kappa shape index (κ2) is 8.91. The fourth-order valence-electron chi connectivity index (χ4n) is 3.88. The summed E-state index contributed by atoms with van der Waals surface area (Å²) in [7, 11) is -3.90. The van der Waals surface area contributed by atoms with Crippen molar-refractivity contribution in [3.05, 3.63) is 83.7 Å². The smallest absolute Gasteiger partial charge is 0.336 e. The number of hydrogen-bond acceptors (Lipinski definition) is 3. The van der Waals surface area contributed by atoms with Gasteiger partial charge in [-0.2, -0.15) is 13.2 Å². The summed E-state index contributed by atoms with van der Waals surface area (Å²) in [5, 5.41) is 0. The summed E-state index contributed by atoms with van der Waals surface area (Å²) in [6, 6.07) is 15.6. The van der Waals surface area contributed by atoms with E-state index in [1.807, 2.05) is 30.5 Å². The van der Waals surface area contributed by atoms with E-state index in [9.17, 15) is 21.6 Å². The Morgan fingerprint density at radius 1 is 0.938 bits per heavy atom. The first-order valence-corrected chi connectivity index (χ1v) is 11.8. The number of H-pyrrole nitrogens is 1. The molecule has 0 aliphatic carbocycles. The number of rotatable bonds is 6. The Hall–Kier alpha value is -2.91. The van der Waals surface area contributed by atoms with Crippen LogP contribution in [-0.2, 0) is 29.0 Å². The van der Waals surface area contributed by atoms with Crippen molar-refractivity contribution < 1.29 is 26.6 Å². The molecule has 0 saturated carbocycles. The van der Waals surface area contributed by atoms with Crippen molar-refractivity contribution in [3.63, 3.8) is 0 Å². The number of anilines is 2. The fraction of sp³-hybridized carbons (Fsp3) is 0.261. The summed E-state index contributed by atoms with van der Waals surface area (Å²) in [6.07, 6.45) is -0.314. The van der Waals surface area contributed by atoms with Crippen LogP contribution in [0, 0.1) is 0 Å². The van der Waals surface area contributed by atoms with Gasteiger partial charge in [-0.05, 0) is 54.8 Å². The van der Waals surface area contributed by atoms with Crippen LogP contribution in [0.3, 0.4) is 0 Å². The molecule has 3 aromatic rings. The highest BCUT2D eigenvalue weighted by Gasteiger charge is 2.30. The summed E-state index contributed by atoms with van der Waals surface area (Å²) in [6.45, 7) is 0.741. The predicted octanol–water partition coefficient (Wildman–Crippen LogP) is 4.12. The van der Waals surface area contributed by atoms with Crippen molar-refractivity contribution in [3.8, 4) is 0 Å². The van der Waals surface area contributed by atoms with Gasteiger partial charge in [0.15, 0.2) is 6.20 Å². The van der Waals surface area contributed by atoms with Crippen LogP contribution in [0.5, 0.6) is 0 Å². The molecule has 0 saturated heterocycles. The molecule has 1 aliphatic heterocycles. The maximum absolute atomic E-state index is 12.7. The zero-order valence-electron chi connectivity index (χ0n) is 17.2. The van der Waals surface area contributed by atoms with E-state index in [2.05, 4.69) is 26.7 Å². The van der Waals surface area contributed by atoms with Gasteiger partial charge in [0.2, 0.25) is 15.7 Å². The molecule has 1 aliphatic rings. The number of aryl methyl sites for hydroxylation is 2. The monoisotopic (exact) mass is 462 g/mol. The molecule has 0 atom stereocenters. The van der Waals surface area contributed by atoms with Crippen LogP contribution in [0.4, 0.5) is 24.5 Å². The average molecular weight is 463 g/mol. The maximum Gasteiger partial charge on any atom is 0.416 e. The van der Waals surface area contributed by atoms with Gasteiger partial charge in [-0.1, -0.05) is 18.2 Å². The second-order valence-corrected chi connectivity index (χ2v) is 9.35. The molecule has 0 spiro atoms. The molecular formula is C23H23F3N3O2S+. The molecule has 2 aromatic carbocycles. The maximum atomic E-state index is 12.7. The normalized spacial score (nSPS) is 13.9. The van der Waals surface area contributed by atoms with Crippen LogP contribution in [0.25, 0.3) is 0 Å². The Labute approximate surface area is 185 Å². The third-order valence-corrected chi connectivity index (χ3v) is 6.95. The SMILES string of the molecule is O=S(=O)(NCCCN1c2ccccc2CCc2[nH+]cccc21)c1ccc(C(F)(F)F)cc1. The van der Waals surface area contributed by atoms with Crippen molar-refractivity contribution in [2.24, 2.45) is 0 Å². The lowest BCUT2D eigenvalue weighted by Crippen LogP contribution is -2.29. The molecule has 32 heavy (non-hydrogen) atoms. The van der Waals surface area contributed by atoms with E-state index in [1.54, 1.807) is 0 Å². The van der Waals surface area contributed by atoms with Crippen LogP contribution < -0.4 is 14.6 Å². The Bertz CT molecular complexity index is 1150. The Kier molecular flexibility index (Phi) is 6.21. The van der Waals surface area contributed by atoms with E-state index in [0.717, 1.165) is 54.2 Å². The summed E-state index contributed by atoms with van der Waals surface area (Å²) in [4.78, 5) is 5.30. The zero-order chi connectivity index (χ0) is 22.8. The van der Waals surface area contributed by atoms with Crippen molar-refractivity contribution in [1.29, 1.82) is 0 Å². The van der Waals surface area contributed by atoms with E-state index in [1.165, 1.54) is 5.56 Å². The predicted molar refractivity (Wildman–Crippen MR) is 115 cm³/mol. The summed E-state index contributed by atoms with van der Waals surface area (Å²) in [5.41, 5.74) is 3.61. The topological polar surface area (TPSA) is 63.6 Å². The second-order valence-electron chi connectivity index (χ2n) is 7.59. The minimum atomic E-state index is -4.51. The quantitative estimate of drug-likeness (QED) is 0.561. The lowest BCUT2D eigenvalue weighted by molar-refractivity contribution is -0.389. The molecule has 2 heterocycles. The van der Waals surface area contributed by atoms with E-state index >= 15 is 0 Å². The number of nitrogens with zero attached hydrogens (tertiary/aromatic N) is 1. The average Bonchev–Trinajstić information content (AvgIpc) is 2.93. The van der Waals surface area contributed by atoms with Crippen LogP contribution in [0.15, 0.2) is 71.8 Å². The van der Waals surface area contributed by atoms with Gasteiger partial charge in [0.25, 0.3) is 0 Å². The molecule has 0 radical (unpaired) electrons. The van der Waals surface area contributed by atoms with Crippen molar-refractivity contribution in [2.45, 2.75) is 30.3 Å². The van der Waals surface area contributed by atoms with Crippen LogP contribution in [0.1, 0.15) is 23.2 Å². The highest BCUT2D eigenvalue weighted by Crippen LogP contribution is 2.34. The van der Waals surface area contributed by atoms with Crippen molar-refractivity contribution in [2.75, 3.05) is 18.0 Å². The van der Waals surface area contributed by atoms with Crippen LogP contribution >= 0.6 is 0 Å². The Morgan fingerprint density at radius 2 is 1.66 bits per heavy atom. The van der Waals surface area contributed by atoms with Gasteiger partial charge >= 0.3 is 6.18 Å². The Balaban J connectivity index is 1.45. The highest BCUT2D eigenvalue weighted by atomic mass is 32.2. The molecule has 2 N–H and O–H groups in total. The summed E-state index contributed by atoms with van der Waals surface area (Å²) >= 11 is 0. The number of benzene rings is 2. The van der Waals surface area contributed by atoms with Gasteiger partial charge in [-0.25, -0.2) is 18.1 Å². The number of nitrogens with one attached hydrogen (secondary N) is 2. The first-order valence-electron chi connectivity index (χ1n) is 10.3. The third kappa shape index (κ3) is 4.78. The molecule has 5 nitrogen and oxygen atoms in total. The number of fused-ring (bicyclic) bond motifs is 2. The van der Waals surface area contributed by atoms with Gasteiger partial charge in [0.1, 0.15) is 5.69 Å². The summed E-state index contributed by atoms with van der Waals surface area (Å²) < 4.78 is 65.6. The van der Waals surface area contributed by atoms with Gasteiger partial charge in [0, 0.05) is 31.3 Å². The number of halogens is 3. The van der Waals surface area contributed by atoms with E-state index < -0.39 is 21.8 Å². The van der Waals surface area contributed by atoms with E-state index in [0.29, 0.717) is 13.0 Å². The van der Waals surface area contributed by atoms with Crippen LogP contribution in [-0.4, -0.2) is 21.5 Å². The van der Waals surface area contributed by atoms with Gasteiger partial charge in [0.05, 0.1) is 10.5 Å². The van der Waals surface area contributed by atoms with Crippen molar-refractivity contribution >= 4 is 21.4 Å². The summed E-state index contributed by atoms with van der Waals surface area (Å²) in [5.74, 6) is 0. The number of hydrogen-bond donors (Lipinski definition) is 1. The fourth-order valence-corrected chi connectivity index (χ4v) is 4.96. The molecular weight excluding hydrogens is 439 g/mol. The molecule has 168 valence electrons. The minimum Gasteiger partial charge on any atom is -0.336 e. The molecule has 0 amide bonds. The number of alkyl halides is 3. The zero-order valence-corrected chi connectivity index (χ0v) is 18.0. The third-order valence-electron chi connectivity index (χ3n) is 5.48. The molecule has 9 heteroatoms. The number of sulfonamides is 1. The molecule has 4 rings (SSSR count).